The maximum atomic E-state index is 12.3. The maximum absolute atomic E-state index is 12.3. The van der Waals surface area contributed by atoms with Crippen LogP contribution in [0.2, 0.25) is 5.02 Å². The van der Waals surface area contributed by atoms with Crippen LogP contribution in [-0.2, 0) is 4.79 Å². The molecule has 0 saturated heterocycles. The molecule has 0 aliphatic rings. The van der Waals surface area contributed by atoms with Gasteiger partial charge in [0, 0.05) is 17.1 Å². The first-order valence-electron chi connectivity index (χ1n) is 7.45. The number of rotatable bonds is 6. The number of carbonyl (C=O) groups is 2. The van der Waals surface area contributed by atoms with Gasteiger partial charge in [-0.1, -0.05) is 23.7 Å². The van der Waals surface area contributed by atoms with Gasteiger partial charge in [0.25, 0.3) is 5.91 Å². The van der Waals surface area contributed by atoms with Gasteiger partial charge in [-0.25, -0.2) is 4.98 Å². The number of halogens is 1. The van der Waals surface area contributed by atoms with E-state index >= 15 is 0 Å². The molecule has 1 heterocycles. The van der Waals surface area contributed by atoms with E-state index in [1.165, 1.54) is 11.3 Å². The van der Waals surface area contributed by atoms with E-state index < -0.39 is 11.4 Å². The number of amides is 1. The molecule has 1 aromatic carbocycles. The molecule has 2 N–H and O–H groups in total. The summed E-state index contributed by atoms with van der Waals surface area (Å²) in [5.41, 5.74) is 0.684. The molecule has 0 atom stereocenters. The lowest BCUT2D eigenvalue weighted by atomic mass is 9.90. The van der Waals surface area contributed by atoms with Gasteiger partial charge in [0.2, 0.25) is 0 Å². The lowest BCUT2D eigenvalue weighted by Gasteiger charge is -2.18. The van der Waals surface area contributed by atoms with Gasteiger partial charge >= 0.3 is 5.97 Å². The highest BCUT2D eigenvalue weighted by molar-refractivity contribution is 7.17. The minimum absolute atomic E-state index is 0.230. The Morgan fingerprint density at radius 2 is 1.92 bits per heavy atom. The zero-order chi connectivity index (χ0) is 17.9. The van der Waals surface area contributed by atoms with Crippen LogP contribution in [0.4, 0.5) is 0 Å². The molecule has 0 unspecified atom stereocenters. The lowest BCUT2D eigenvalue weighted by molar-refractivity contribution is -0.147. The number of aromatic nitrogens is 1. The molecule has 5 nitrogen and oxygen atoms in total. The van der Waals surface area contributed by atoms with Crippen molar-refractivity contribution in [3.63, 3.8) is 0 Å². The largest absolute Gasteiger partial charge is 0.481 e. The predicted octanol–water partition coefficient (Wildman–Crippen LogP) is 4.00. The number of hydrogen-bond acceptors (Lipinski definition) is 4. The van der Waals surface area contributed by atoms with Crippen LogP contribution in [0.1, 0.15) is 35.6 Å². The smallest absolute Gasteiger partial charge is 0.309 e. The fraction of sp³-hybridized carbons (Fsp3) is 0.353. The molecule has 7 heteroatoms. The fourth-order valence-corrected chi connectivity index (χ4v) is 3.11. The van der Waals surface area contributed by atoms with Gasteiger partial charge < -0.3 is 10.4 Å². The van der Waals surface area contributed by atoms with Crippen molar-refractivity contribution in [2.24, 2.45) is 5.41 Å². The summed E-state index contributed by atoms with van der Waals surface area (Å²) in [6, 6.07) is 7.28. The minimum Gasteiger partial charge on any atom is -0.481 e. The molecule has 128 valence electrons. The zero-order valence-electron chi connectivity index (χ0n) is 13.7. The molecule has 0 spiro atoms. The Balaban J connectivity index is 2.05. The van der Waals surface area contributed by atoms with Crippen molar-refractivity contribution in [3.05, 3.63) is 39.9 Å². The molecule has 0 bridgehead atoms. The number of thiazole rings is 1. The van der Waals surface area contributed by atoms with Gasteiger partial charge in [-0.15, -0.1) is 11.3 Å². The van der Waals surface area contributed by atoms with Gasteiger partial charge in [-0.3, -0.25) is 9.59 Å². The number of carboxylic acids is 1. The minimum atomic E-state index is -0.879. The van der Waals surface area contributed by atoms with Crippen LogP contribution in [0.5, 0.6) is 0 Å². The van der Waals surface area contributed by atoms with Crippen LogP contribution in [0.3, 0.4) is 0 Å². The monoisotopic (exact) mass is 366 g/mol. The van der Waals surface area contributed by atoms with E-state index in [4.69, 9.17) is 16.7 Å². The molecule has 1 amide bonds. The summed E-state index contributed by atoms with van der Waals surface area (Å²) in [7, 11) is 0. The second kappa shape index (κ2) is 7.32. The van der Waals surface area contributed by atoms with Crippen molar-refractivity contribution in [3.8, 4) is 10.6 Å². The first-order valence-corrected chi connectivity index (χ1v) is 8.65. The molecule has 2 rings (SSSR count). The standard InChI is InChI=1S/C17H19ClN2O3S/c1-10-13(14(21)19-9-8-17(2,3)16(22)23)24-15(20-10)11-4-6-12(18)7-5-11/h4-7H,8-9H2,1-3H3,(H,19,21)(H,22,23). The molecule has 2 aromatic rings. The van der Waals surface area contributed by atoms with Crippen molar-refractivity contribution >= 4 is 34.8 Å². The average Bonchev–Trinajstić information content (AvgIpc) is 2.89. The van der Waals surface area contributed by atoms with E-state index in [0.29, 0.717) is 28.6 Å². The quantitative estimate of drug-likeness (QED) is 0.809. The summed E-state index contributed by atoms with van der Waals surface area (Å²) in [5.74, 6) is -1.11. The van der Waals surface area contributed by atoms with Crippen molar-refractivity contribution in [2.45, 2.75) is 27.2 Å². The van der Waals surface area contributed by atoms with Crippen molar-refractivity contribution in [2.75, 3.05) is 6.54 Å². The average molecular weight is 367 g/mol. The summed E-state index contributed by atoms with van der Waals surface area (Å²) in [5, 5.41) is 13.3. The zero-order valence-corrected chi connectivity index (χ0v) is 15.3. The van der Waals surface area contributed by atoms with Crippen LogP contribution < -0.4 is 5.32 Å². The van der Waals surface area contributed by atoms with E-state index in [2.05, 4.69) is 10.3 Å². The van der Waals surface area contributed by atoms with Crippen LogP contribution in [0.25, 0.3) is 10.6 Å². The Kier molecular flexibility index (Phi) is 5.62. The van der Waals surface area contributed by atoms with Gasteiger partial charge in [0.1, 0.15) is 9.88 Å². The maximum Gasteiger partial charge on any atom is 0.309 e. The highest BCUT2D eigenvalue weighted by Crippen LogP contribution is 2.29. The van der Waals surface area contributed by atoms with Crippen LogP contribution in [0, 0.1) is 12.3 Å². The summed E-state index contributed by atoms with van der Waals surface area (Å²) in [6.07, 6.45) is 0.357. The molecule has 0 aliphatic heterocycles. The third-order valence-corrected chi connectivity index (χ3v) is 5.17. The Bertz CT molecular complexity index is 754. The van der Waals surface area contributed by atoms with E-state index in [1.807, 2.05) is 12.1 Å². The topological polar surface area (TPSA) is 79.3 Å². The van der Waals surface area contributed by atoms with Crippen LogP contribution in [0.15, 0.2) is 24.3 Å². The molecule has 0 saturated carbocycles. The van der Waals surface area contributed by atoms with E-state index in [0.717, 1.165) is 10.6 Å². The van der Waals surface area contributed by atoms with Gasteiger partial charge in [0.15, 0.2) is 0 Å². The second-order valence-corrected chi connectivity index (χ2v) is 7.57. The number of carboxylic acid groups (broad SMARTS) is 1. The highest BCUT2D eigenvalue weighted by Gasteiger charge is 2.27. The van der Waals surface area contributed by atoms with Crippen molar-refractivity contribution in [1.82, 2.24) is 10.3 Å². The number of aliphatic carboxylic acids is 1. The first-order chi connectivity index (χ1) is 11.2. The van der Waals surface area contributed by atoms with Crippen LogP contribution in [-0.4, -0.2) is 28.5 Å². The molecule has 1 aromatic heterocycles. The first kappa shape index (κ1) is 18.4. The third-order valence-electron chi connectivity index (χ3n) is 3.71. The number of benzene rings is 1. The SMILES string of the molecule is Cc1nc(-c2ccc(Cl)cc2)sc1C(=O)NCCC(C)(C)C(=O)O. The van der Waals surface area contributed by atoms with Gasteiger partial charge in [-0.2, -0.15) is 0 Å². The van der Waals surface area contributed by atoms with Gasteiger partial charge in [-0.05, 0) is 39.3 Å². The number of hydrogen-bond donors (Lipinski definition) is 2. The Labute approximate surface area is 149 Å². The van der Waals surface area contributed by atoms with Crippen LogP contribution >= 0.6 is 22.9 Å². The summed E-state index contributed by atoms with van der Waals surface area (Å²) in [4.78, 5) is 28.4. The molecule has 0 aliphatic carbocycles. The third kappa shape index (κ3) is 4.33. The van der Waals surface area contributed by atoms with Crippen molar-refractivity contribution < 1.29 is 14.7 Å². The van der Waals surface area contributed by atoms with Gasteiger partial charge in [0.05, 0.1) is 11.1 Å². The molecular weight excluding hydrogens is 348 g/mol. The molecule has 0 fully saturated rings. The molecular formula is C17H19ClN2O3S. The molecule has 0 radical (unpaired) electrons. The fourth-order valence-electron chi connectivity index (χ4n) is 2.00. The highest BCUT2D eigenvalue weighted by atomic mass is 35.5. The summed E-state index contributed by atoms with van der Waals surface area (Å²) in [6.45, 7) is 5.36. The second-order valence-electron chi connectivity index (χ2n) is 6.14. The lowest BCUT2D eigenvalue weighted by Crippen LogP contribution is -2.31. The van der Waals surface area contributed by atoms with Crippen molar-refractivity contribution in [1.29, 1.82) is 0 Å². The Morgan fingerprint density at radius 3 is 2.50 bits per heavy atom. The van der Waals surface area contributed by atoms with E-state index in [9.17, 15) is 9.59 Å². The van der Waals surface area contributed by atoms with E-state index in [-0.39, 0.29) is 5.91 Å². The normalized spacial score (nSPS) is 11.3. The molecule has 24 heavy (non-hydrogen) atoms. The van der Waals surface area contributed by atoms with E-state index in [1.54, 1.807) is 32.9 Å². The summed E-state index contributed by atoms with van der Waals surface area (Å²) >= 11 is 7.19. The number of nitrogens with zero attached hydrogens (tertiary/aromatic N) is 1. The Morgan fingerprint density at radius 1 is 1.29 bits per heavy atom. The summed E-state index contributed by atoms with van der Waals surface area (Å²) < 4.78 is 0. The predicted molar refractivity (Wildman–Crippen MR) is 95.7 cm³/mol. The Hall–Kier alpha value is -1.92. The number of nitrogens with one attached hydrogen (secondary N) is 1. The number of carbonyl (C=O) groups excluding carboxylic acids is 1. The number of aryl methyl sites for hydroxylation is 1.